The van der Waals surface area contributed by atoms with E-state index in [1.165, 1.54) is 79.9 Å². The zero-order valence-corrected chi connectivity index (χ0v) is 56.4. The summed E-state index contributed by atoms with van der Waals surface area (Å²) in [4.78, 5) is 0. The second-order valence-electron chi connectivity index (χ2n) is 19.0. The van der Waals surface area contributed by atoms with E-state index in [9.17, 15) is 4.39 Å². The monoisotopic (exact) mass is 1350 g/mol. The van der Waals surface area contributed by atoms with Crippen LogP contribution in [-0.4, -0.2) is 0 Å². The number of hydrogen-bond donors (Lipinski definition) is 0. The molecular formula is C78H64ClFP4PdZn+2. The van der Waals surface area contributed by atoms with Gasteiger partial charge >= 0.3 is 77.4 Å². The van der Waals surface area contributed by atoms with Gasteiger partial charge in [-0.1, -0.05) is 364 Å². The summed E-state index contributed by atoms with van der Waals surface area (Å²) in [5.41, 5.74) is 0. The first kappa shape index (κ1) is 66.6. The molecule has 0 fully saturated rings. The van der Waals surface area contributed by atoms with Crippen LogP contribution in [0.3, 0.4) is 0 Å². The molecule has 0 heterocycles. The molecule has 0 saturated carbocycles. The molecule has 0 spiro atoms. The first-order valence-electron chi connectivity index (χ1n) is 28.0. The maximum absolute atomic E-state index is 12.1. The molecule has 420 valence electrons. The van der Waals surface area contributed by atoms with Crippen LogP contribution < -0.4 is 80.2 Å². The van der Waals surface area contributed by atoms with Crippen molar-refractivity contribution in [2.45, 2.75) is 0 Å². The second-order valence-corrected chi connectivity index (χ2v) is 29.6. The molecule has 0 unspecified atom stereocenters. The molecule has 0 aliphatic rings. The quantitative estimate of drug-likeness (QED) is 0.0845. The molecule has 13 aromatic rings. The zero-order chi connectivity index (χ0) is 57.6. The SMILES string of the molecule is Fc1cc[c]([Zn+])cc1.[Cl-].[Pd+2].c1ccc(P(c2ccccc2)c2ccccc2)cc1.c1ccc(P(c2ccccc2)c2ccccc2)cc1.c1ccc(P(c2ccccc2)c2ccccc2)cc1.c1ccc(P(c2ccccc2)c2ccccc2)cc1. The summed E-state index contributed by atoms with van der Waals surface area (Å²) in [6.45, 7) is 0. The molecule has 13 rings (SSSR count). The van der Waals surface area contributed by atoms with Crippen LogP contribution in [0.5, 0.6) is 0 Å². The standard InChI is InChI=1S/4C18H15P.C6H4F.ClH.Pd.Zn/c4*1-4-10-16(11-5-1)19(17-12-6-2-7-13-17)18-14-8-3-9-15-18;7-6-4-2-1-3-5-6;;;/h4*1-15H;2-5H;1H;;/q;;;;;;+2;+1/p-1. The van der Waals surface area contributed by atoms with Gasteiger partial charge in [-0.05, 0) is 95.3 Å². The predicted octanol–water partition coefficient (Wildman–Crippen LogP) is 11.8. The van der Waals surface area contributed by atoms with E-state index in [0.29, 0.717) is 0 Å². The van der Waals surface area contributed by atoms with Gasteiger partial charge < -0.3 is 12.4 Å². The average molecular weight is 1350 g/mol. The Morgan fingerprint density at radius 2 is 0.279 bits per heavy atom. The molecule has 86 heavy (non-hydrogen) atoms. The maximum Gasteiger partial charge on any atom is 2.00 e. The topological polar surface area (TPSA) is 0 Å². The van der Waals surface area contributed by atoms with Crippen LogP contribution in [0.15, 0.2) is 388 Å². The summed E-state index contributed by atoms with van der Waals surface area (Å²) in [6.07, 6.45) is 0. The molecular weight excluding hydrogens is 1290 g/mol. The normalized spacial score (nSPS) is 10.2. The van der Waals surface area contributed by atoms with Crippen LogP contribution in [0.2, 0.25) is 0 Å². The Morgan fingerprint density at radius 3 is 0.372 bits per heavy atom. The molecule has 0 aromatic heterocycles. The Labute approximate surface area is 544 Å². The van der Waals surface area contributed by atoms with Crippen molar-refractivity contribution in [3.05, 3.63) is 394 Å². The van der Waals surface area contributed by atoms with Crippen LogP contribution in [0.1, 0.15) is 0 Å². The summed E-state index contributed by atoms with van der Waals surface area (Å²) >= 11 is 1.10. The molecule has 0 nitrogen and oxygen atoms in total. The molecule has 0 aliphatic carbocycles. The average Bonchev–Trinajstić information content (AvgIpc) is 2.66. The van der Waals surface area contributed by atoms with Gasteiger partial charge in [0.1, 0.15) is 0 Å². The van der Waals surface area contributed by atoms with Gasteiger partial charge in [-0.3, -0.25) is 0 Å². The fourth-order valence-electron chi connectivity index (χ4n) is 9.20. The molecule has 0 N–H and O–H groups in total. The molecule has 0 bridgehead atoms. The maximum atomic E-state index is 12.1. The third-order valence-corrected chi connectivity index (χ3v) is 23.8. The van der Waals surface area contributed by atoms with Gasteiger partial charge in [-0.15, -0.1) is 0 Å². The Bertz CT molecular complexity index is 2950. The van der Waals surface area contributed by atoms with E-state index in [-0.39, 0.29) is 38.6 Å². The van der Waals surface area contributed by atoms with Crippen molar-refractivity contribution in [1.82, 2.24) is 0 Å². The summed E-state index contributed by atoms with van der Waals surface area (Å²) in [6, 6.07) is 136. The van der Waals surface area contributed by atoms with Crippen LogP contribution in [0, 0.1) is 5.82 Å². The molecule has 0 atom stereocenters. The van der Waals surface area contributed by atoms with Gasteiger partial charge in [0.2, 0.25) is 0 Å². The summed E-state index contributed by atoms with van der Waals surface area (Å²) in [5, 5.41) is 16.8. The number of halogens is 2. The van der Waals surface area contributed by atoms with E-state index in [1.807, 2.05) is 0 Å². The summed E-state index contributed by atoms with van der Waals surface area (Å²) < 4.78 is 13.3. The van der Waals surface area contributed by atoms with Crippen molar-refractivity contribution in [3.63, 3.8) is 0 Å². The smallest absolute Gasteiger partial charge is 1.00 e. The van der Waals surface area contributed by atoms with Gasteiger partial charge in [0.25, 0.3) is 0 Å². The molecule has 0 amide bonds. The second kappa shape index (κ2) is 37.6. The largest absolute Gasteiger partial charge is 2.00 e. The van der Waals surface area contributed by atoms with E-state index in [2.05, 4.69) is 364 Å². The van der Waals surface area contributed by atoms with E-state index >= 15 is 0 Å². The van der Waals surface area contributed by atoms with Crippen molar-refractivity contribution in [3.8, 4) is 0 Å². The van der Waals surface area contributed by atoms with Crippen molar-refractivity contribution in [2.24, 2.45) is 0 Å². The minimum Gasteiger partial charge on any atom is -1.00 e. The van der Waals surface area contributed by atoms with Crippen LogP contribution in [0.4, 0.5) is 4.39 Å². The number of hydrogen-bond acceptors (Lipinski definition) is 0. The van der Waals surface area contributed by atoms with Crippen LogP contribution in [-0.2, 0) is 38.7 Å². The van der Waals surface area contributed by atoms with Crippen LogP contribution in [0.25, 0.3) is 0 Å². The van der Waals surface area contributed by atoms with Crippen LogP contribution >= 0.6 is 31.7 Å². The number of benzene rings is 13. The van der Waals surface area contributed by atoms with Crippen molar-refractivity contribution in [2.75, 3.05) is 0 Å². The minimum absolute atomic E-state index is 0. The van der Waals surface area contributed by atoms with E-state index in [0.717, 1.165) is 18.3 Å². The van der Waals surface area contributed by atoms with Gasteiger partial charge in [0, 0.05) is 0 Å². The fourth-order valence-corrected chi connectivity index (χ4v) is 18.9. The molecule has 0 radical (unpaired) electrons. The molecule has 0 saturated heterocycles. The summed E-state index contributed by atoms with van der Waals surface area (Å²) in [7, 11) is -1.78. The molecule has 0 aliphatic heterocycles. The Hall–Kier alpha value is -6.91. The third-order valence-electron chi connectivity index (χ3n) is 13.1. The predicted molar refractivity (Wildman–Crippen MR) is 367 cm³/mol. The zero-order valence-electron chi connectivity index (χ0n) is 47.5. The Balaban J connectivity index is 0.000000156. The van der Waals surface area contributed by atoms with E-state index in [1.54, 1.807) is 12.1 Å². The Kier molecular flexibility index (Phi) is 29.1. The number of rotatable bonds is 12. The van der Waals surface area contributed by atoms with E-state index < -0.39 is 31.7 Å². The van der Waals surface area contributed by atoms with Crippen molar-refractivity contribution >= 4 is 99.5 Å². The summed E-state index contributed by atoms with van der Waals surface area (Å²) in [5.74, 6) is -0.151. The van der Waals surface area contributed by atoms with Gasteiger partial charge in [-0.25, -0.2) is 0 Å². The molecule has 8 heteroatoms. The minimum atomic E-state index is -0.446. The Morgan fingerprint density at radius 1 is 0.174 bits per heavy atom. The van der Waals surface area contributed by atoms with Gasteiger partial charge in [0.05, 0.1) is 0 Å². The van der Waals surface area contributed by atoms with Gasteiger partial charge in [0.15, 0.2) is 0 Å². The van der Waals surface area contributed by atoms with Crippen molar-refractivity contribution < 1.29 is 55.5 Å². The first-order valence-corrected chi connectivity index (χ1v) is 34.8. The molecule has 13 aromatic carbocycles. The van der Waals surface area contributed by atoms with E-state index in [4.69, 9.17) is 0 Å². The fraction of sp³-hybridized carbons (Fsp3) is 0. The first-order chi connectivity index (χ1) is 41.6. The van der Waals surface area contributed by atoms with Crippen molar-refractivity contribution in [1.29, 1.82) is 0 Å². The third kappa shape index (κ3) is 20.6. The van der Waals surface area contributed by atoms with Gasteiger partial charge in [-0.2, -0.15) is 0 Å².